The highest BCUT2D eigenvalue weighted by Gasteiger charge is 2.27. The maximum atomic E-state index is 12.1. The predicted octanol–water partition coefficient (Wildman–Crippen LogP) is 3.53. The maximum absolute atomic E-state index is 12.1. The van der Waals surface area contributed by atoms with Crippen molar-refractivity contribution in [1.82, 2.24) is 0 Å². The van der Waals surface area contributed by atoms with Gasteiger partial charge >= 0.3 is 6.09 Å². The van der Waals surface area contributed by atoms with Gasteiger partial charge in [0.25, 0.3) is 0 Å². The minimum atomic E-state index is -0.448. The van der Waals surface area contributed by atoms with Gasteiger partial charge in [-0.05, 0) is 32.9 Å². The van der Waals surface area contributed by atoms with Gasteiger partial charge < -0.3 is 4.74 Å². The van der Waals surface area contributed by atoms with Crippen LogP contribution in [0.25, 0.3) is 0 Å². The number of amides is 1. The van der Waals surface area contributed by atoms with Gasteiger partial charge in [-0.3, -0.25) is 4.90 Å². The molecule has 0 atom stereocenters. The topological polar surface area (TPSA) is 29.5 Å². The van der Waals surface area contributed by atoms with Crippen molar-refractivity contribution in [1.29, 1.82) is 0 Å². The number of rotatable bonds is 0. The van der Waals surface area contributed by atoms with Crippen molar-refractivity contribution in [3.8, 4) is 0 Å². The van der Waals surface area contributed by atoms with Crippen LogP contribution in [0.2, 0.25) is 0 Å². The van der Waals surface area contributed by atoms with Crippen molar-refractivity contribution in [2.75, 3.05) is 17.2 Å². The summed E-state index contributed by atoms with van der Waals surface area (Å²) < 4.78 is 5.41. The first-order valence-electron chi connectivity index (χ1n) is 5.70. The average molecular weight is 251 g/mol. The molecule has 0 aliphatic carbocycles. The number of anilines is 1. The van der Waals surface area contributed by atoms with Crippen molar-refractivity contribution in [3.63, 3.8) is 0 Å². The molecular weight excluding hydrogens is 234 g/mol. The minimum Gasteiger partial charge on any atom is -0.443 e. The average Bonchev–Trinajstić information content (AvgIpc) is 2.26. The molecule has 1 aliphatic heterocycles. The van der Waals surface area contributed by atoms with Crippen molar-refractivity contribution < 1.29 is 9.53 Å². The van der Waals surface area contributed by atoms with Crippen LogP contribution in [0.3, 0.4) is 0 Å². The lowest BCUT2D eigenvalue weighted by Crippen LogP contribution is -2.39. The summed E-state index contributed by atoms with van der Waals surface area (Å²) in [5.41, 5.74) is 0.509. The van der Waals surface area contributed by atoms with E-state index in [2.05, 4.69) is 0 Å². The molecule has 17 heavy (non-hydrogen) atoms. The first-order chi connectivity index (χ1) is 7.97. The Morgan fingerprint density at radius 1 is 1.35 bits per heavy atom. The fraction of sp³-hybridized carbons (Fsp3) is 0.462. The molecule has 0 unspecified atom stereocenters. The van der Waals surface area contributed by atoms with Gasteiger partial charge in [-0.25, -0.2) is 4.79 Å². The summed E-state index contributed by atoms with van der Waals surface area (Å²) in [5, 5.41) is 0. The van der Waals surface area contributed by atoms with Crippen LogP contribution < -0.4 is 4.90 Å². The van der Waals surface area contributed by atoms with Gasteiger partial charge in [0, 0.05) is 17.2 Å². The number of fused-ring (bicyclic) bond motifs is 1. The lowest BCUT2D eigenvalue weighted by Gasteiger charge is -2.31. The standard InChI is InChI=1S/C13H17NO2S/c1-13(2,3)16-12(15)14-8-9-17-11-7-5-4-6-10(11)14/h4-7H,8-9H2,1-3H3. The van der Waals surface area contributed by atoms with Gasteiger partial charge in [0.2, 0.25) is 0 Å². The zero-order chi connectivity index (χ0) is 12.5. The largest absolute Gasteiger partial charge is 0.443 e. The third-order valence-corrected chi connectivity index (χ3v) is 3.39. The fourth-order valence-electron chi connectivity index (χ4n) is 1.68. The third-order valence-electron chi connectivity index (χ3n) is 2.34. The zero-order valence-corrected chi connectivity index (χ0v) is 11.2. The second kappa shape index (κ2) is 4.61. The van der Waals surface area contributed by atoms with Crippen molar-refractivity contribution in [2.45, 2.75) is 31.3 Å². The van der Waals surface area contributed by atoms with E-state index in [-0.39, 0.29) is 6.09 Å². The highest BCUT2D eigenvalue weighted by atomic mass is 32.2. The monoisotopic (exact) mass is 251 g/mol. The summed E-state index contributed by atoms with van der Waals surface area (Å²) in [6.07, 6.45) is -0.259. The Hall–Kier alpha value is -1.16. The lowest BCUT2D eigenvalue weighted by atomic mass is 10.2. The summed E-state index contributed by atoms with van der Waals surface area (Å²) in [5.74, 6) is 0.913. The Morgan fingerprint density at radius 3 is 2.76 bits per heavy atom. The molecule has 0 radical (unpaired) electrons. The Balaban J connectivity index is 2.21. The first kappa shape index (κ1) is 12.3. The minimum absolute atomic E-state index is 0.259. The lowest BCUT2D eigenvalue weighted by molar-refractivity contribution is 0.0581. The van der Waals surface area contributed by atoms with Crippen LogP contribution in [0.1, 0.15) is 20.8 Å². The molecule has 0 aromatic heterocycles. The van der Waals surface area contributed by atoms with E-state index < -0.39 is 5.60 Å². The second-order valence-electron chi connectivity index (χ2n) is 4.95. The van der Waals surface area contributed by atoms with Crippen LogP contribution in [0, 0.1) is 0 Å². The molecule has 4 heteroatoms. The van der Waals surface area contributed by atoms with E-state index in [1.165, 1.54) is 0 Å². The van der Waals surface area contributed by atoms with E-state index in [0.29, 0.717) is 6.54 Å². The number of hydrogen-bond donors (Lipinski definition) is 0. The van der Waals surface area contributed by atoms with Crippen LogP contribution in [-0.2, 0) is 4.74 Å². The number of benzene rings is 1. The molecule has 0 saturated heterocycles. The first-order valence-corrected chi connectivity index (χ1v) is 6.68. The smallest absolute Gasteiger partial charge is 0.414 e. The maximum Gasteiger partial charge on any atom is 0.414 e. The fourth-order valence-corrected chi connectivity index (χ4v) is 2.67. The second-order valence-corrected chi connectivity index (χ2v) is 6.08. The van der Waals surface area contributed by atoms with Gasteiger partial charge in [0.15, 0.2) is 0 Å². The molecule has 3 nitrogen and oxygen atoms in total. The number of carbonyl (C=O) groups excluding carboxylic acids is 1. The van der Waals surface area contributed by atoms with Crippen LogP contribution in [-0.4, -0.2) is 24.0 Å². The van der Waals surface area contributed by atoms with Crippen molar-refractivity contribution in [2.24, 2.45) is 0 Å². The Bertz CT molecular complexity index is 426. The molecule has 1 heterocycles. The number of thioether (sulfide) groups is 1. The Labute approximate surface area is 106 Å². The van der Waals surface area contributed by atoms with Crippen LogP contribution >= 0.6 is 11.8 Å². The van der Waals surface area contributed by atoms with Crippen LogP contribution in [0.5, 0.6) is 0 Å². The molecule has 1 amide bonds. The van der Waals surface area contributed by atoms with E-state index in [0.717, 1.165) is 16.3 Å². The summed E-state index contributed by atoms with van der Waals surface area (Å²) in [6, 6.07) is 7.94. The van der Waals surface area contributed by atoms with E-state index in [1.54, 1.807) is 16.7 Å². The number of carbonyl (C=O) groups is 1. The molecule has 1 aromatic carbocycles. The number of hydrogen-bond acceptors (Lipinski definition) is 3. The van der Waals surface area contributed by atoms with Crippen molar-refractivity contribution >= 4 is 23.5 Å². The molecular formula is C13H17NO2S. The molecule has 0 spiro atoms. The molecule has 0 N–H and O–H groups in total. The highest BCUT2D eigenvalue weighted by molar-refractivity contribution is 7.99. The molecule has 2 rings (SSSR count). The van der Waals surface area contributed by atoms with E-state index >= 15 is 0 Å². The van der Waals surface area contributed by atoms with Crippen molar-refractivity contribution in [3.05, 3.63) is 24.3 Å². The molecule has 92 valence electrons. The van der Waals surface area contributed by atoms with Crippen LogP contribution in [0.15, 0.2) is 29.2 Å². The predicted molar refractivity (Wildman–Crippen MR) is 70.7 cm³/mol. The molecule has 0 saturated carbocycles. The Morgan fingerprint density at radius 2 is 2.06 bits per heavy atom. The molecule has 1 aromatic rings. The summed E-state index contributed by atoms with van der Waals surface area (Å²) >= 11 is 1.78. The van der Waals surface area contributed by atoms with Gasteiger partial charge in [-0.15, -0.1) is 11.8 Å². The molecule has 1 aliphatic rings. The highest BCUT2D eigenvalue weighted by Crippen LogP contribution is 2.34. The van der Waals surface area contributed by atoms with Gasteiger partial charge in [-0.2, -0.15) is 0 Å². The summed E-state index contributed by atoms with van der Waals surface area (Å²) in [7, 11) is 0. The number of ether oxygens (including phenoxy) is 1. The van der Waals surface area contributed by atoms with Gasteiger partial charge in [0.05, 0.1) is 5.69 Å². The Kier molecular flexibility index (Phi) is 3.33. The zero-order valence-electron chi connectivity index (χ0n) is 10.4. The van der Waals surface area contributed by atoms with E-state index in [9.17, 15) is 4.79 Å². The SMILES string of the molecule is CC(C)(C)OC(=O)N1CCSc2ccccc21. The van der Waals surface area contributed by atoms with Crippen LogP contribution in [0.4, 0.5) is 10.5 Å². The summed E-state index contributed by atoms with van der Waals surface area (Å²) in [4.78, 5) is 14.9. The number of nitrogens with zero attached hydrogens (tertiary/aromatic N) is 1. The molecule has 0 bridgehead atoms. The third kappa shape index (κ3) is 2.94. The summed E-state index contributed by atoms with van der Waals surface area (Å²) in [6.45, 7) is 6.36. The van der Waals surface area contributed by atoms with Gasteiger partial charge in [0.1, 0.15) is 5.60 Å². The molecule has 0 fully saturated rings. The van der Waals surface area contributed by atoms with E-state index in [1.807, 2.05) is 45.0 Å². The quantitative estimate of drug-likeness (QED) is 0.706. The van der Waals surface area contributed by atoms with Gasteiger partial charge in [-0.1, -0.05) is 12.1 Å². The normalized spacial score (nSPS) is 15.4. The number of para-hydroxylation sites is 1. The van der Waals surface area contributed by atoms with E-state index in [4.69, 9.17) is 4.74 Å².